The fraction of sp³-hybridized carbons (Fsp3) is 0.233. The molecule has 0 spiro atoms. The fourth-order valence-electron chi connectivity index (χ4n) is 4.80. The average molecular weight is 516 g/mol. The molecular weight excluding hydrogens is 488 g/mol. The van der Waals surface area contributed by atoms with Crippen molar-refractivity contribution in [2.45, 2.75) is 46.0 Å². The van der Waals surface area contributed by atoms with Gasteiger partial charge in [-0.25, -0.2) is 18.7 Å². The van der Waals surface area contributed by atoms with Crippen molar-refractivity contribution in [3.8, 4) is 11.3 Å². The number of carboxylic acids is 1. The van der Waals surface area contributed by atoms with E-state index >= 15 is 0 Å². The highest BCUT2D eigenvalue weighted by atomic mass is 19.2. The normalized spacial score (nSPS) is 11.5. The number of hydrogen-bond acceptors (Lipinski definition) is 4. The molecule has 3 aromatic heterocycles. The molecular formula is C30H27F2N3O3. The van der Waals surface area contributed by atoms with Crippen LogP contribution in [-0.4, -0.2) is 25.4 Å². The zero-order valence-electron chi connectivity index (χ0n) is 21.3. The number of aryl methyl sites for hydroxylation is 1. The number of carboxylic acid groups (broad SMARTS) is 1. The molecule has 5 rings (SSSR count). The summed E-state index contributed by atoms with van der Waals surface area (Å²) in [4.78, 5) is 21.5. The van der Waals surface area contributed by atoms with E-state index < -0.39 is 17.6 Å². The topological polar surface area (TPSA) is 80.6 Å². The number of aromatic nitrogens is 3. The average Bonchev–Trinajstić information content (AvgIpc) is 3.42. The second-order valence-corrected chi connectivity index (χ2v) is 9.69. The third-order valence-corrected chi connectivity index (χ3v) is 6.51. The smallest absolute Gasteiger partial charge is 0.309 e. The Kier molecular flexibility index (Phi) is 6.80. The van der Waals surface area contributed by atoms with Gasteiger partial charge < -0.3 is 9.52 Å². The van der Waals surface area contributed by atoms with E-state index in [1.165, 1.54) is 12.1 Å². The van der Waals surface area contributed by atoms with E-state index in [-0.39, 0.29) is 30.7 Å². The highest BCUT2D eigenvalue weighted by Gasteiger charge is 2.22. The van der Waals surface area contributed by atoms with Crippen molar-refractivity contribution in [1.29, 1.82) is 0 Å². The Morgan fingerprint density at radius 3 is 2.47 bits per heavy atom. The first-order chi connectivity index (χ1) is 18.2. The fourth-order valence-corrected chi connectivity index (χ4v) is 4.80. The van der Waals surface area contributed by atoms with Gasteiger partial charge in [-0.1, -0.05) is 56.3 Å². The van der Waals surface area contributed by atoms with Crippen LogP contribution in [0.4, 0.5) is 8.78 Å². The number of halogens is 2. The SMILES string of the molecule is Cc1cc(Cc2nc3c(Cc4cccc(F)c4F)nc(-c4ccccc4)cn3c2CC(=O)O)oc1C(C)C. The lowest BCUT2D eigenvalue weighted by Gasteiger charge is -2.10. The minimum absolute atomic E-state index is 0.0198. The molecule has 0 amide bonds. The highest BCUT2D eigenvalue weighted by molar-refractivity contribution is 5.71. The van der Waals surface area contributed by atoms with E-state index in [0.717, 1.165) is 23.0 Å². The lowest BCUT2D eigenvalue weighted by molar-refractivity contribution is -0.136. The predicted octanol–water partition coefficient (Wildman–Crippen LogP) is 6.51. The van der Waals surface area contributed by atoms with E-state index in [2.05, 4.69) is 0 Å². The minimum atomic E-state index is -1.01. The van der Waals surface area contributed by atoms with E-state index in [0.29, 0.717) is 34.2 Å². The first kappa shape index (κ1) is 25.3. The molecule has 2 aromatic carbocycles. The van der Waals surface area contributed by atoms with Crippen LogP contribution in [0.15, 0.2) is 65.2 Å². The van der Waals surface area contributed by atoms with Crippen molar-refractivity contribution in [2.75, 3.05) is 0 Å². The van der Waals surface area contributed by atoms with Crippen molar-refractivity contribution >= 4 is 11.6 Å². The highest BCUT2D eigenvalue weighted by Crippen LogP contribution is 2.28. The van der Waals surface area contributed by atoms with Crippen LogP contribution in [0.3, 0.4) is 0 Å². The van der Waals surface area contributed by atoms with Crippen LogP contribution in [0.2, 0.25) is 0 Å². The quantitative estimate of drug-likeness (QED) is 0.255. The summed E-state index contributed by atoms with van der Waals surface area (Å²) in [5, 5.41) is 9.74. The summed E-state index contributed by atoms with van der Waals surface area (Å²) in [6.07, 6.45) is 1.73. The number of benzene rings is 2. The van der Waals surface area contributed by atoms with Crippen molar-refractivity contribution in [1.82, 2.24) is 14.4 Å². The maximum absolute atomic E-state index is 14.6. The van der Waals surface area contributed by atoms with E-state index in [4.69, 9.17) is 14.4 Å². The Balaban J connectivity index is 1.71. The number of fused-ring (bicyclic) bond motifs is 1. The van der Waals surface area contributed by atoms with Gasteiger partial charge in [0, 0.05) is 24.1 Å². The van der Waals surface area contributed by atoms with Crippen LogP contribution in [0.5, 0.6) is 0 Å². The molecule has 6 nitrogen and oxygen atoms in total. The number of imidazole rings is 1. The molecule has 5 aromatic rings. The van der Waals surface area contributed by atoms with Gasteiger partial charge in [0.1, 0.15) is 11.5 Å². The van der Waals surface area contributed by atoms with Gasteiger partial charge in [0.05, 0.1) is 35.6 Å². The Morgan fingerprint density at radius 2 is 1.79 bits per heavy atom. The summed E-state index contributed by atoms with van der Waals surface area (Å²) < 4.78 is 36.4. The Hall–Kier alpha value is -4.33. The molecule has 0 aliphatic heterocycles. The van der Waals surface area contributed by atoms with Crippen LogP contribution in [0.1, 0.15) is 59.5 Å². The van der Waals surface area contributed by atoms with Crippen LogP contribution in [0, 0.1) is 18.6 Å². The molecule has 38 heavy (non-hydrogen) atoms. The van der Waals surface area contributed by atoms with Gasteiger partial charge in [-0.2, -0.15) is 0 Å². The van der Waals surface area contributed by atoms with Gasteiger partial charge in [0.25, 0.3) is 0 Å². The maximum atomic E-state index is 14.6. The molecule has 8 heteroatoms. The number of nitrogens with zero attached hydrogens (tertiary/aromatic N) is 3. The van der Waals surface area contributed by atoms with Gasteiger partial charge in [0.2, 0.25) is 0 Å². The molecule has 0 radical (unpaired) electrons. The molecule has 0 fully saturated rings. The van der Waals surface area contributed by atoms with Crippen molar-refractivity contribution in [3.63, 3.8) is 0 Å². The zero-order chi connectivity index (χ0) is 27.0. The summed E-state index contributed by atoms with van der Waals surface area (Å²) in [5.74, 6) is -1.14. The van der Waals surface area contributed by atoms with Crippen molar-refractivity contribution in [2.24, 2.45) is 0 Å². The zero-order valence-corrected chi connectivity index (χ0v) is 21.3. The Labute approximate surface area is 218 Å². The summed E-state index contributed by atoms with van der Waals surface area (Å²) >= 11 is 0. The molecule has 3 heterocycles. The van der Waals surface area contributed by atoms with Gasteiger partial charge in [-0.15, -0.1) is 0 Å². The van der Waals surface area contributed by atoms with Crippen LogP contribution >= 0.6 is 0 Å². The summed E-state index contributed by atoms with van der Waals surface area (Å²) in [7, 11) is 0. The summed E-state index contributed by atoms with van der Waals surface area (Å²) in [6, 6.07) is 15.4. The first-order valence-electron chi connectivity index (χ1n) is 12.4. The molecule has 0 bridgehead atoms. The molecule has 0 aliphatic carbocycles. The monoisotopic (exact) mass is 515 g/mol. The largest absolute Gasteiger partial charge is 0.481 e. The van der Waals surface area contributed by atoms with Gasteiger partial charge in [0.15, 0.2) is 17.3 Å². The Bertz CT molecular complexity index is 1640. The van der Waals surface area contributed by atoms with Crippen molar-refractivity contribution < 1.29 is 23.1 Å². The second-order valence-electron chi connectivity index (χ2n) is 9.69. The van der Waals surface area contributed by atoms with Crippen LogP contribution < -0.4 is 0 Å². The first-order valence-corrected chi connectivity index (χ1v) is 12.4. The molecule has 0 saturated heterocycles. The van der Waals surface area contributed by atoms with Crippen LogP contribution in [0.25, 0.3) is 16.9 Å². The standard InChI is InChI=1S/C30H27F2N3O3/c1-17(2)29-18(3)12-21(38-29)14-23-26(15-27(36)37)35-16-25(19-8-5-4-6-9-19)33-24(30(35)34-23)13-20-10-7-11-22(31)28(20)32/h4-12,16-17H,13-15H2,1-3H3,(H,36,37). The molecule has 0 saturated carbocycles. The molecule has 0 aliphatic rings. The maximum Gasteiger partial charge on any atom is 0.309 e. The number of carbonyl (C=O) groups is 1. The summed E-state index contributed by atoms with van der Waals surface area (Å²) in [5.41, 5.74) is 4.34. The molecule has 0 unspecified atom stereocenters. The van der Waals surface area contributed by atoms with Crippen molar-refractivity contribution in [3.05, 3.63) is 112 Å². The lowest BCUT2D eigenvalue weighted by atomic mass is 10.1. The third-order valence-electron chi connectivity index (χ3n) is 6.51. The predicted molar refractivity (Wildman–Crippen MR) is 139 cm³/mol. The second kappa shape index (κ2) is 10.2. The number of aliphatic carboxylic acids is 1. The third kappa shape index (κ3) is 4.94. The molecule has 194 valence electrons. The Morgan fingerprint density at radius 1 is 1.03 bits per heavy atom. The summed E-state index contributed by atoms with van der Waals surface area (Å²) in [6.45, 7) is 6.07. The molecule has 1 N–H and O–H groups in total. The minimum Gasteiger partial charge on any atom is -0.481 e. The van der Waals surface area contributed by atoms with E-state index in [1.54, 1.807) is 10.6 Å². The number of hydrogen-bond donors (Lipinski definition) is 1. The number of rotatable bonds is 8. The van der Waals surface area contributed by atoms with E-state index in [1.807, 2.05) is 57.2 Å². The lowest BCUT2D eigenvalue weighted by Crippen LogP contribution is -2.08. The van der Waals surface area contributed by atoms with Gasteiger partial charge in [-0.05, 0) is 30.2 Å². The van der Waals surface area contributed by atoms with E-state index in [9.17, 15) is 18.7 Å². The van der Waals surface area contributed by atoms with Crippen LogP contribution in [-0.2, 0) is 24.1 Å². The van der Waals surface area contributed by atoms with Gasteiger partial charge >= 0.3 is 5.97 Å². The number of furan rings is 1. The van der Waals surface area contributed by atoms with Gasteiger partial charge in [-0.3, -0.25) is 9.20 Å². The molecule has 0 atom stereocenters.